The van der Waals surface area contributed by atoms with Gasteiger partial charge in [0.25, 0.3) is 5.91 Å². The van der Waals surface area contributed by atoms with E-state index < -0.39 is 0 Å². The molecule has 0 fully saturated rings. The van der Waals surface area contributed by atoms with Crippen LogP contribution in [0.2, 0.25) is 0 Å². The first-order valence-electron chi connectivity index (χ1n) is 8.17. The molecule has 0 aromatic heterocycles. The quantitative estimate of drug-likeness (QED) is 0.703. The number of hydrogen-bond acceptors (Lipinski definition) is 1. The molecule has 118 valence electrons. The molecule has 1 aromatic rings. The molecule has 0 aliphatic rings. The second-order valence-corrected chi connectivity index (χ2v) is 6.96. The summed E-state index contributed by atoms with van der Waals surface area (Å²) in [5.41, 5.74) is 3.25. The van der Waals surface area contributed by atoms with Crippen LogP contribution in [0.1, 0.15) is 62.0 Å². The third kappa shape index (κ3) is 5.91. The smallest absolute Gasteiger partial charge is 0.253 e. The Bertz CT molecular complexity index is 451. The van der Waals surface area contributed by atoms with Crippen molar-refractivity contribution in [1.29, 1.82) is 0 Å². The molecule has 1 rings (SSSR count). The highest BCUT2D eigenvalue weighted by Gasteiger charge is 2.16. The predicted molar refractivity (Wildman–Crippen MR) is 90.7 cm³/mol. The van der Waals surface area contributed by atoms with Gasteiger partial charge in [-0.15, -0.1) is 0 Å². The van der Waals surface area contributed by atoms with E-state index in [1.54, 1.807) is 0 Å². The molecule has 0 N–H and O–H groups in total. The first-order valence-corrected chi connectivity index (χ1v) is 8.17. The van der Waals surface area contributed by atoms with Gasteiger partial charge in [0.2, 0.25) is 0 Å². The van der Waals surface area contributed by atoms with Crippen molar-refractivity contribution in [1.82, 2.24) is 4.90 Å². The summed E-state index contributed by atoms with van der Waals surface area (Å²) in [7, 11) is 0. The van der Waals surface area contributed by atoms with Gasteiger partial charge in [0.1, 0.15) is 0 Å². The molecule has 0 saturated heterocycles. The normalized spacial score (nSPS) is 11.2. The molecule has 0 radical (unpaired) electrons. The van der Waals surface area contributed by atoms with Crippen LogP contribution in [0.25, 0.3) is 0 Å². The number of carbonyl (C=O) groups excluding carboxylic acids is 1. The fraction of sp³-hybridized carbons (Fsp3) is 0.632. The standard InChI is InChI=1S/C19H31NO/c1-14(2)9-11-20(12-10-15(3)4)19(21)18-8-7-16(5)17(6)13-18/h7-8,13-15H,9-12H2,1-6H3. The van der Waals surface area contributed by atoms with E-state index in [1.165, 1.54) is 11.1 Å². The highest BCUT2D eigenvalue weighted by molar-refractivity contribution is 5.94. The van der Waals surface area contributed by atoms with Crippen LogP contribution in [-0.2, 0) is 0 Å². The predicted octanol–water partition coefficient (Wildman–Crippen LogP) is 4.84. The molecule has 0 heterocycles. The maximum atomic E-state index is 12.8. The van der Waals surface area contributed by atoms with E-state index >= 15 is 0 Å². The van der Waals surface area contributed by atoms with Gasteiger partial charge in [0.05, 0.1) is 0 Å². The van der Waals surface area contributed by atoms with Gasteiger partial charge in [-0.05, 0) is 61.8 Å². The molecule has 2 nitrogen and oxygen atoms in total. The van der Waals surface area contributed by atoms with Crippen molar-refractivity contribution < 1.29 is 4.79 Å². The Labute approximate surface area is 130 Å². The van der Waals surface area contributed by atoms with Crippen molar-refractivity contribution in [3.05, 3.63) is 34.9 Å². The van der Waals surface area contributed by atoms with E-state index in [4.69, 9.17) is 0 Å². The van der Waals surface area contributed by atoms with E-state index in [0.717, 1.165) is 31.5 Å². The van der Waals surface area contributed by atoms with Gasteiger partial charge in [0, 0.05) is 18.7 Å². The lowest BCUT2D eigenvalue weighted by molar-refractivity contribution is 0.0740. The molecule has 0 atom stereocenters. The molecule has 0 spiro atoms. The summed E-state index contributed by atoms with van der Waals surface area (Å²) in [5.74, 6) is 1.43. The number of carbonyl (C=O) groups is 1. The summed E-state index contributed by atoms with van der Waals surface area (Å²) in [5, 5.41) is 0. The zero-order chi connectivity index (χ0) is 16.0. The summed E-state index contributed by atoms with van der Waals surface area (Å²) in [4.78, 5) is 14.8. The minimum atomic E-state index is 0.180. The monoisotopic (exact) mass is 289 g/mol. The Morgan fingerprint density at radius 2 is 1.48 bits per heavy atom. The van der Waals surface area contributed by atoms with Crippen LogP contribution in [0, 0.1) is 25.7 Å². The molecule has 0 saturated carbocycles. The first kappa shape index (κ1) is 17.7. The zero-order valence-electron chi connectivity index (χ0n) is 14.6. The fourth-order valence-corrected chi connectivity index (χ4v) is 2.20. The van der Waals surface area contributed by atoms with Crippen molar-refractivity contribution >= 4 is 5.91 Å². The Hall–Kier alpha value is -1.31. The van der Waals surface area contributed by atoms with Crippen molar-refractivity contribution in [3.63, 3.8) is 0 Å². The third-order valence-electron chi connectivity index (χ3n) is 3.99. The summed E-state index contributed by atoms with van der Waals surface area (Å²) in [6.07, 6.45) is 2.13. The largest absolute Gasteiger partial charge is 0.339 e. The van der Waals surface area contributed by atoms with Crippen LogP contribution in [0.15, 0.2) is 18.2 Å². The Kier molecular flexibility index (Phi) is 6.94. The van der Waals surface area contributed by atoms with Crippen molar-refractivity contribution in [2.24, 2.45) is 11.8 Å². The zero-order valence-corrected chi connectivity index (χ0v) is 14.6. The molecule has 1 aromatic carbocycles. The molecule has 0 bridgehead atoms. The number of nitrogens with zero attached hydrogens (tertiary/aromatic N) is 1. The summed E-state index contributed by atoms with van der Waals surface area (Å²) < 4.78 is 0. The Balaban J connectivity index is 2.83. The maximum absolute atomic E-state index is 12.8. The lowest BCUT2D eigenvalue weighted by Gasteiger charge is -2.25. The number of rotatable bonds is 7. The van der Waals surface area contributed by atoms with Crippen LogP contribution in [0.3, 0.4) is 0 Å². The average molecular weight is 289 g/mol. The Morgan fingerprint density at radius 1 is 0.952 bits per heavy atom. The molecule has 1 amide bonds. The highest BCUT2D eigenvalue weighted by Crippen LogP contribution is 2.14. The van der Waals surface area contributed by atoms with Crippen molar-refractivity contribution in [3.8, 4) is 0 Å². The topological polar surface area (TPSA) is 20.3 Å². The maximum Gasteiger partial charge on any atom is 0.253 e. The Morgan fingerprint density at radius 3 is 1.90 bits per heavy atom. The van der Waals surface area contributed by atoms with E-state index in [0.29, 0.717) is 11.8 Å². The van der Waals surface area contributed by atoms with E-state index in [-0.39, 0.29) is 5.91 Å². The molecular weight excluding hydrogens is 258 g/mol. The molecule has 21 heavy (non-hydrogen) atoms. The van der Waals surface area contributed by atoms with Crippen LogP contribution >= 0.6 is 0 Å². The van der Waals surface area contributed by atoms with Gasteiger partial charge in [-0.25, -0.2) is 0 Å². The van der Waals surface area contributed by atoms with Gasteiger partial charge in [0.15, 0.2) is 0 Å². The van der Waals surface area contributed by atoms with E-state index in [1.807, 2.05) is 23.1 Å². The number of benzene rings is 1. The van der Waals surface area contributed by atoms with Crippen LogP contribution in [0.5, 0.6) is 0 Å². The average Bonchev–Trinajstić information content (AvgIpc) is 2.40. The first-order chi connectivity index (χ1) is 9.81. The van der Waals surface area contributed by atoms with Gasteiger partial charge in [-0.3, -0.25) is 4.79 Å². The van der Waals surface area contributed by atoms with E-state index in [2.05, 4.69) is 41.5 Å². The van der Waals surface area contributed by atoms with Crippen molar-refractivity contribution in [2.45, 2.75) is 54.4 Å². The molecule has 0 aliphatic carbocycles. The molecular formula is C19H31NO. The third-order valence-corrected chi connectivity index (χ3v) is 3.99. The highest BCUT2D eigenvalue weighted by atomic mass is 16.2. The number of amides is 1. The second kappa shape index (κ2) is 8.21. The second-order valence-electron chi connectivity index (χ2n) is 6.96. The SMILES string of the molecule is Cc1ccc(C(=O)N(CCC(C)C)CCC(C)C)cc1C. The lowest BCUT2D eigenvalue weighted by atomic mass is 10.0. The number of hydrogen-bond donors (Lipinski definition) is 0. The molecule has 0 unspecified atom stereocenters. The van der Waals surface area contributed by atoms with Gasteiger partial charge < -0.3 is 4.90 Å². The fourth-order valence-electron chi connectivity index (χ4n) is 2.20. The summed E-state index contributed by atoms with van der Waals surface area (Å²) in [6, 6.07) is 6.03. The minimum absolute atomic E-state index is 0.180. The summed E-state index contributed by atoms with van der Waals surface area (Å²) in [6.45, 7) is 14.7. The van der Waals surface area contributed by atoms with Gasteiger partial charge >= 0.3 is 0 Å². The lowest BCUT2D eigenvalue weighted by Crippen LogP contribution is -2.34. The number of aryl methyl sites for hydroxylation is 2. The van der Waals surface area contributed by atoms with Crippen LogP contribution in [-0.4, -0.2) is 23.9 Å². The molecule has 0 aliphatic heterocycles. The van der Waals surface area contributed by atoms with E-state index in [9.17, 15) is 4.79 Å². The van der Waals surface area contributed by atoms with Crippen LogP contribution < -0.4 is 0 Å². The van der Waals surface area contributed by atoms with Gasteiger partial charge in [-0.1, -0.05) is 33.8 Å². The minimum Gasteiger partial charge on any atom is -0.339 e. The molecule has 2 heteroatoms. The van der Waals surface area contributed by atoms with Gasteiger partial charge in [-0.2, -0.15) is 0 Å². The van der Waals surface area contributed by atoms with Crippen molar-refractivity contribution in [2.75, 3.05) is 13.1 Å². The van der Waals surface area contributed by atoms with Crippen LogP contribution in [0.4, 0.5) is 0 Å². The summed E-state index contributed by atoms with van der Waals surface area (Å²) >= 11 is 0.